The highest BCUT2D eigenvalue weighted by Gasteiger charge is 2.18. The Morgan fingerprint density at radius 1 is 1.13 bits per heavy atom. The van der Waals surface area contributed by atoms with Crippen molar-refractivity contribution in [3.8, 4) is 11.3 Å². The molecular weight excluding hydrogens is 388 g/mol. The molecule has 0 unspecified atom stereocenters. The van der Waals surface area contributed by atoms with Crippen LogP contribution >= 0.6 is 0 Å². The summed E-state index contributed by atoms with van der Waals surface area (Å²) in [7, 11) is 0. The fourth-order valence-corrected chi connectivity index (χ4v) is 2.76. The van der Waals surface area contributed by atoms with Gasteiger partial charge in [-0.25, -0.2) is 4.79 Å². The van der Waals surface area contributed by atoms with Crippen LogP contribution in [0.2, 0.25) is 0 Å². The molecular formula is C22H18N2O6. The second-order valence-electron chi connectivity index (χ2n) is 6.53. The molecule has 8 heteroatoms. The Labute approximate surface area is 171 Å². The van der Waals surface area contributed by atoms with Crippen LogP contribution in [0.25, 0.3) is 17.4 Å². The number of nitro benzene ring substituents is 1. The van der Waals surface area contributed by atoms with E-state index in [0.29, 0.717) is 17.1 Å². The predicted molar refractivity (Wildman–Crippen MR) is 110 cm³/mol. The van der Waals surface area contributed by atoms with Crippen molar-refractivity contribution < 1.29 is 24.0 Å². The number of nitrogens with one attached hydrogen (secondary N) is 1. The van der Waals surface area contributed by atoms with Gasteiger partial charge in [0, 0.05) is 18.7 Å². The summed E-state index contributed by atoms with van der Waals surface area (Å²) in [4.78, 5) is 33.7. The fraction of sp³-hybridized carbons (Fsp3) is 0.0909. The van der Waals surface area contributed by atoms with Gasteiger partial charge in [-0.1, -0.05) is 18.2 Å². The van der Waals surface area contributed by atoms with Crippen LogP contribution in [-0.2, 0) is 11.3 Å². The van der Waals surface area contributed by atoms with E-state index in [4.69, 9.17) is 9.52 Å². The molecule has 0 radical (unpaired) electrons. The zero-order chi connectivity index (χ0) is 21.7. The van der Waals surface area contributed by atoms with Crippen LogP contribution in [0, 0.1) is 17.0 Å². The molecule has 1 heterocycles. The number of nitro groups is 1. The lowest BCUT2D eigenvalue weighted by atomic mass is 10.1. The number of carboxylic acid groups (broad SMARTS) is 1. The predicted octanol–water partition coefficient (Wildman–Crippen LogP) is 4.19. The topological polar surface area (TPSA) is 123 Å². The Balaban J connectivity index is 1.63. The lowest BCUT2D eigenvalue weighted by Crippen LogP contribution is -2.20. The van der Waals surface area contributed by atoms with E-state index in [9.17, 15) is 19.7 Å². The second kappa shape index (κ2) is 8.87. The average Bonchev–Trinajstić information content (AvgIpc) is 3.19. The van der Waals surface area contributed by atoms with Gasteiger partial charge in [0.2, 0.25) is 5.91 Å². The number of furan rings is 1. The van der Waals surface area contributed by atoms with Gasteiger partial charge in [-0.15, -0.1) is 0 Å². The van der Waals surface area contributed by atoms with Gasteiger partial charge >= 0.3 is 5.97 Å². The second-order valence-corrected chi connectivity index (χ2v) is 6.53. The number of benzene rings is 2. The summed E-state index contributed by atoms with van der Waals surface area (Å²) in [6.07, 6.45) is 2.75. The molecule has 2 aromatic carbocycles. The first-order valence-corrected chi connectivity index (χ1v) is 8.97. The van der Waals surface area contributed by atoms with E-state index in [-0.39, 0.29) is 23.7 Å². The molecule has 0 fully saturated rings. The van der Waals surface area contributed by atoms with Crippen molar-refractivity contribution in [1.82, 2.24) is 5.32 Å². The number of aryl methyl sites for hydroxylation is 1. The minimum absolute atomic E-state index is 0.0495. The average molecular weight is 406 g/mol. The molecule has 0 aliphatic rings. The Kier molecular flexibility index (Phi) is 6.07. The molecule has 0 aliphatic carbocycles. The summed E-state index contributed by atoms with van der Waals surface area (Å²) in [5.41, 5.74) is 2.01. The maximum Gasteiger partial charge on any atom is 0.335 e. The Morgan fingerprint density at radius 2 is 1.87 bits per heavy atom. The van der Waals surface area contributed by atoms with Crippen molar-refractivity contribution in [3.05, 3.63) is 93.2 Å². The number of rotatable bonds is 7. The Hall–Kier alpha value is -4.20. The number of carbonyl (C=O) groups is 2. The zero-order valence-electron chi connectivity index (χ0n) is 16.0. The lowest BCUT2D eigenvalue weighted by molar-refractivity contribution is -0.384. The minimum atomic E-state index is -1.01. The van der Waals surface area contributed by atoms with E-state index < -0.39 is 10.9 Å². The van der Waals surface area contributed by atoms with Gasteiger partial charge in [0.15, 0.2) is 0 Å². The molecule has 0 saturated carbocycles. The summed E-state index contributed by atoms with van der Waals surface area (Å²) in [5, 5.41) is 22.8. The summed E-state index contributed by atoms with van der Waals surface area (Å²) >= 11 is 0. The number of hydrogen-bond donors (Lipinski definition) is 2. The summed E-state index contributed by atoms with van der Waals surface area (Å²) in [5.74, 6) is -0.667. The fourth-order valence-electron chi connectivity index (χ4n) is 2.76. The summed E-state index contributed by atoms with van der Waals surface area (Å²) < 4.78 is 5.62. The Bertz CT molecular complexity index is 1130. The van der Waals surface area contributed by atoms with Crippen LogP contribution in [0.4, 0.5) is 5.69 Å². The first-order chi connectivity index (χ1) is 14.3. The molecule has 30 heavy (non-hydrogen) atoms. The highest BCUT2D eigenvalue weighted by atomic mass is 16.6. The summed E-state index contributed by atoms with van der Waals surface area (Å²) in [6.45, 7) is 2.01. The molecule has 1 amide bonds. The number of aromatic carboxylic acids is 1. The van der Waals surface area contributed by atoms with Gasteiger partial charge in [0.1, 0.15) is 11.5 Å². The van der Waals surface area contributed by atoms with Crippen LogP contribution in [0.1, 0.15) is 27.2 Å². The molecule has 1 aromatic heterocycles. The number of nitrogens with zero attached hydrogens (tertiary/aromatic N) is 1. The number of carbonyl (C=O) groups excluding carboxylic acids is 1. The van der Waals surface area contributed by atoms with Gasteiger partial charge in [0.05, 0.1) is 16.1 Å². The molecule has 2 N–H and O–H groups in total. The first-order valence-electron chi connectivity index (χ1n) is 8.97. The normalized spacial score (nSPS) is 10.8. The van der Waals surface area contributed by atoms with E-state index in [1.54, 1.807) is 43.3 Å². The van der Waals surface area contributed by atoms with Crippen LogP contribution in [0.5, 0.6) is 0 Å². The third-order valence-electron chi connectivity index (χ3n) is 4.31. The molecule has 3 rings (SSSR count). The maximum atomic E-state index is 12.0. The number of amides is 1. The molecule has 152 valence electrons. The number of hydrogen-bond acceptors (Lipinski definition) is 5. The third-order valence-corrected chi connectivity index (χ3v) is 4.31. The van der Waals surface area contributed by atoms with Crippen LogP contribution in [0.3, 0.4) is 0 Å². The van der Waals surface area contributed by atoms with E-state index in [0.717, 1.165) is 11.1 Å². The Morgan fingerprint density at radius 3 is 2.53 bits per heavy atom. The van der Waals surface area contributed by atoms with Crippen molar-refractivity contribution >= 4 is 23.6 Å². The van der Waals surface area contributed by atoms with Crippen LogP contribution in [0.15, 0.2) is 65.1 Å². The van der Waals surface area contributed by atoms with Gasteiger partial charge < -0.3 is 14.8 Å². The largest absolute Gasteiger partial charge is 0.478 e. The van der Waals surface area contributed by atoms with Crippen molar-refractivity contribution in [3.63, 3.8) is 0 Å². The highest BCUT2D eigenvalue weighted by Crippen LogP contribution is 2.32. The van der Waals surface area contributed by atoms with Crippen LogP contribution in [-0.4, -0.2) is 21.9 Å². The van der Waals surface area contributed by atoms with Crippen molar-refractivity contribution in [2.24, 2.45) is 0 Å². The van der Waals surface area contributed by atoms with Gasteiger partial charge in [-0.05, 0) is 54.5 Å². The highest BCUT2D eigenvalue weighted by molar-refractivity contribution is 5.91. The van der Waals surface area contributed by atoms with Crippen LogP contribution < -0.4 is 5.32 Å². The number of carboxylic acids is 1. The van der Waals surface area contributed by atoms with Gasteiger partial charge in [-0.2, -0.15) is 0 Å². The molecule has 8 nitrogen and oxygen atoms in total. The van der Waals surface area contributed by atoms with E-state index in [1.807, 2.05) is 0 Å². The minimum Gasteiger partial charge on any atom is -0.478 e. The quantitative estimate of drug-likeness (QED) is 0.345. The molecule has 0 aliphatic heterocycles. The molecule has 0 atom stereocenters. The van der Waals surface area contributed by atoms with E-state index in [2.05, 4.69) is 5.32 Å². The van der Waals surface area contributed by atoms with E-state index in [1.165, 1.54) is 30.4 Å². The van der Waals surface area contributed by atoms with Crippen molar-refractivity contribution in [2.45, 2.75) is 13.5 Å². The summed E-state index contributed by atoms with van der Waals surface area (Å²) in [6, 6.07) is 14.3. The zero-order valence-corrected chi connectivity index (χ0v) is 16.0. The molecule has 3 aromatic rings. The molecule has 0 bridgehead atoms. The van der Waals surface area contributed by atoms with E-state index >= 15 is 0 Å². The van der Waals surface area contributed by atoms with Gasteiger partial charge in [-0.3, -0.25) is 14.9 Å². The standard InChI is InChI=1S/C22H18N2O6/c1-14-2-9-18(19(12-14)24(28)29)20-10-7-17(30-20)8-11-21(25)23-13-15-3-5-16(6-4-15)22(26)27/h2-12H,13H2,1H3,(H,23,25)(H,26,27)/b11-8+. The molecule has 0 spiro atoms. The van der Waals surface area contributed by atoms with Gasteiger partial charge in [0.25, 0.3) is 5.69 Å². The molecule has 0 saturated heterocycles. The monoisotopic (exact) mass is 406 g/mol. The lowest BCUT2D eigenvalue weighted by Gasteiger charge is -2.03. The van der Waals surface area contributed by atoms with Crippen molar-refractivity contribution in [1.29, 1.82) is 0 Å². The SMILES string of the molecule is Cc1ccc(-c2ccc(/C=C/C(=O)NCc3ccc(C(=O)O)cc3)o2)c([N+](=O)[O-])c1. The van der Waals surface area contributed by atoms with Crippen molar-refractivity contribution in [2.75, 3.05) is 0 Å². The maximum absolute atomic E-state index is 12.0. The third kappa shape index (κ3) is 4.99. The first kappa shape index (κ1) is 20.5. The smallest absolute Gasteiger partial charge is 0.335 e.